The molecule has 7 heteroatoms. The fourth-order valence-electron chi connectivity index (χ4n) is 2.40. The van der Waals surface area contributed by atoms with Crippen LogP contribution in [0.2, 0.25) is 0 Å². The van der Waals surface area contributed by atoms with Crippen LogP contribution in [0.25, 0.3) is 11.0 Å². The summed E-state index contributed by atoms with van der Waals surface area (Å²) in [5, 5.41) is 6.59. The number of imidazole rings is 1. The van der Waals surface area contributed by atoms with Crippen molar-refractivity contribution in [1.29, 1.82) is 0 Å². The Morgan fingerprint density at radius 1 is 1.36 bits per heavy atom. The van der Waals surface area contributed by atoms with Crippen LogP contribution >= 0.6 is 0 Å². The van der Waals surface area contributed by atoms with Crippen LogP contribution < -0.4 is 10.7 Å². The molecule has 3 N–H and O–H groups in total. The Morgan fingerprint density at radius 2 is 2.23 bits per heavy atom. The van der Waals surface area contributed by atoms with Gasteiger partial charge in [0.05, 0.1) is 11.0 Å². The van der Waals surface area contributed by atoms with E-state index in [1.54, 1.807) is 0 Å². The maximum atomic E-state index is 11.9. The molecule has 1 aliphatic rings. The third kappa shape index (κ3) is 3.13. The van der Waals surface area contributed by atoms with Crippen molar-refractivity contribution in [3.05, 3.63) is 29.6 Å². The second-order valence-electron chi connectivity index (χ2n) is 5.27. The highest BCUT2D eigenvalue weighted by atomic mass is 16.2. The van der Waals surface area contributed by atoms with Crippen molar-refractivity contribution in [3.63, 3.8) is 0 Å². The minimum Gasteiger partial charge on any atom is -0.351 e. The first-order valence-electron chi connectivity index (χ1n) is 7.20. The van der Waals surface area contributed by atoms with Gasteiger partial charge in [-0.05, 0) is 31.0 Å². The van der Waals surface area contributed by atoms with Gasteiger partial charge in [-0.3, -0.25) is 9.59 Å². The second-order valence-corrected chi connectivity index (χ2v) is 5.27. The predicted molar refractivity (Wildman–Crippen MR) is 82.4 cm³/mol. The van der Waals surface area contributed by atoms with Crippen molar-refractivity contribution >= 4 is 28.6 Å². The summed E-state index contributed by atoms with van der Waals surface area (Å²) in [5.74, 6) is 0.510. The molecule has 2 amide bonds. The number of rotatable bonds is 4. The molecule has 0 saturated heterocycles. The molecule has 0 saturated carbocycles. The van der Waals surface area contributed by atoms with E-state index in [0.29, 0.717) is 25.1 Å². The van der Waals surface area contributed by atoms with E-state index >= 15 is 0 Å². The molecule has 0 unspecified atom stereocenters. The molecular formula is C15H17N5O2. The van der Waals surface area contributed by atoms with Gasteiger partial charge in [-0.15, -0.1) is 0 Å². The largest absolute Gasteiger partial charge is 0.351 e. The number of carbonyl (C=O) groups excluding carboxylic acids is 2. The number of aromatic amines is 1. The van der Waals surface area contributed by atoms with Gasteiger partial charge in [0.15, 0.2) is 0 Å². The minimum atomic E-state index is -0.224. The molecule has 2 aromatic rings. The molecule has 2 heterocycles. The molecule has 0 bridgehead atoms. The van der Waals surface area contributed by atoms with E-state index < -0.39 is 0 Å². The Bertz CT molecular complexity index is 762. The van der Waals surface area contributed by atoms with Gasteiger partial charge in [-0.25, -0.2) is 10.4 Å². The summed E-state index contributed by atoms with van der Waals surface area (Å²) in [7, 11) is 0. The lowest BCUT2D eigenvalue weighted by Gasteiger charge is -2.11. The number of nitrogens with zero attached hydrogens (tertiary/aromatic N) is 2. The Morgan fingerprint density at radius 3 is 3.00 bits per heavy atom. The van der Waals surface area contributed by atoms with Crippen LogP contribution in [-0.2, 0) is 16.0 Å². The Labute approximate surface area is 127 Å². The fraction of sp³-hybridized carbons (Fsp3) is 0.333. The average molecular weight is 299 g/mol. The maximum absolute atomic E-state index is 11.9. The van der Waals surface area contributed by atoms with Crippen molar-refractivity contribution in [2.45, 2.75) is 26.2 Å². The molecule has 1 aromatic carbocycles. The van der Waals surface area contributed by atoms with Gasteiger partial charge in [-0.2, -0.15) is 5.10 Å². The number of hydrogen-bond donors (Lipinski definition) is 3. The zero-order valence-electron chi connectivity index (χ0n) is 12.3. The highest BCUT2D eigenvalue weighted by Gasteiger charge is 2.17. The van der Waals surface area contributed by atoms with Crippen molar-refractivity contribution in [1.82, 2.24) is 20.7 Å². The molecule has 114 valence electrons. The summed E-state index contributed by atoms with van der Waals surface area (Å²) in [4.78, 5) is 30.4. The van der Waals surface area contributed by atoms with Crippen molar-refractivity contribution < 1.29 is 9.59 Å². The quantitative estimate of drug-likeness (QED) is 0.778. The van der Waals surface area contributed by atoms with E-state index in [-0.39, 0.29) is 11.8 Å². The predicted octanol–water partition coefficient (Wildman–Crippen LogP) is 0.796. The highest BCUT2D eigenvalue weighted by molar-refractivity contribution is 6.39. The molecule has 1 aromatic heterocycles. The summed E-state index contributed by atoms with van der Waals surface area (Å²) in [6.45, 7) is 2.44. The summed E-state index contributed by atoms with van der Waals surface area (Å²) in [5.41, 5.74) is 5.76. The van der Waals surface area contributed by atoms with E-state index in [2.05, 4.69) is 25.8 Å². The lowest BCUT2D eigenvalue weighted by Crippen LogP contribution is -2.37. The Balaban J connectivity index is 1.55. The summed E-state index contributed by atoms with van der Waals surface area (Å²) in [6, 6.07) is 6.02. The minimum absolute atomic E-state index is 0.153. The van der Waals surface area contributed by atoms with Gasteiger partial charge >= 0.3 is 0 Å². The topological polar surface area (TPSA) is 99.2 Å². The summed E-state index contributed by atoms with van der Waals surface area (Å²) in [6.07, 6.45) is 1.42. The molecule has 0 atom stereocenters. The molecule has 7 nitrogen and oxygen atoms in total. The van der Waals surface area contributed by atoms with Crippen molar-refractivity contribution in [2.24, 2.45) is 5.10 Å². The summed E-state index contributed by atoms with van der Waals surface area (Å²) >= 11 is 0. The number of H-pyrrole nitrogens is 1. The third-order valence-corrected chi connectivity index (χ3v) is 3.53. The first kappa shape index (κ1) is 14.2. The maximum Gasteiger partial charge on any atom is 0.267 e. The van der Waals surface area contributed by atoms with Crippen molar-refractivity contribution in [2.75, 3.05) is 6.54 Å². The monoisotopic (exact) mass is 299 g/mol. The first-order valence-corrected chi connectivity index (χ1v) is 7.20. The van der Waals surface area contributed by atoms with Gasteiger partial charge in [0.2, 0.25) is 5.91 Å². The van der Waals surface area contributed by atoms with Gasteiger partial charge in [0.25, 0.3) is 5.91 Å². The molecule has 22 heavy (non-hydrogen) atoms. The zero-order valence-corrected chi connectivity index (χ0v) is 12.3. The lowest BCUT2D eigenvalue weighted by atomic mass is 10.1. The highest BCUT2D eigenvalue weighted by Crippen LogP contribution is 2.13. The smallest absolute Gasteiger partial charge is 0.267 e. The van der Waals surface area contributed by atoms with E-state index in [4.69, 9.17) is 0 Å². The van der Waals surface area contributed by atoms with Gasteiger partial charge in [0.1, 0.15) is 11.5 Å². The second kappa shape index (κ2) is 5.97. The average Bonchev–Trinajstić information content (AvgIpc) is 2.87. The number of fused-ring (bicyclic) bond motifs is 1. The van der Waals surface area contributed by atoms with E-state index in [0.717, 1.165) is 28.8 Å². The number of hydrogen-bond acceptors (Lipinski definition) is 4. The van der Waals surface area contributed by atoms with Gasteiger partial charge in [0, 0.05) is 19.4 Å². The van der Waals surface area contributed by atoms with Crippen LogP contribution in [0.15, 0.2) is 23.3 Å². The van der Waals surface area contributed by atoms with Crippen LogP contribution in [0.1, 0.15) is 24.2 Å². The lowest BCUT2D eigenvalue weighted by molar-refractivity contribution is -0.121. The Kier molecular flexibility index (Phi) is 3.86. The van der Waals surface area contributed by atoms with Crippen LogP contribution in [0, 0.1) is 6.92 Å². The molecule has 0 spiro atoms. The van der Waals surface area contributed by atoms with E-state index in [1.165, 1.54) is 0 Å². The van der Waals surface area contributed by atoms with Crippen molar-refractivity contribution in [3.8, 4) is 0 Å². The number of aromatic nitrogens is 2. The number of carbonyl (C=O) groups is 2. The molecule has 3 rings (SSSR count). The summed E-state index contributed by atoms with van der Waals surface area (Å²) < 4.78 is 0. The van der Waals surface area contributed by atoms with Crippen LogP contribution in [-0.4, -0.2) is 34.0 Å². The molecular weight excluding hydrogens is 282 g/mol. The van der Waals surface area contributed by atoms with E-state index in [9.17, 15) is 9.59 Å². The fourth-order valence-corrected chi connectivity index (χ4v) is 2.40. The number of nitrogens with one attached hydrogen (secondary N) is 3. The molecule has 0 radical (unpaired) electrons. The van der Waals surface area contributed by atoms with Crippen LogP contribution in [0.4, 0.5) is 0 Å². The number of benzene rings is 1. The number of amides is 2. The number of aryl methyl sites for hydroxylation is 1. The standard InChI is InChI=1S/C15H17N5O2/c1-9-17-11-3-2-10(8-13(11)18-9)6-7-16-15(22)12-4-5-14(21)20-19-12/h2-3,8H,4-7H2,1H3,(H,16,22)(H,17,18)(H,20,21). The molecule has 0 fully saturated rings. The normalized spacial score (nSPS) is 14.6. The molecule has 0 aliphatic carbocycles. The molecule has 1 aliphatic heterocycles. The van der Waals surface area contributed by atoms with Crippen LogP contribution in [0.5, 0.6) is 0 Å². The zero-order chi connectivity index (χ0) is 15.5. The third-order valence-electron chi connectivity index (χ3n) is 3.53. The van der Waals surface area contributed by atoms with Gasteiger partial charge in [-0.1, -0.05) is 6.07 Å². The first-order chi connectivity index (χ1) is 10.6. The van der Waals surface area contributed by atoms with E-state index in [1.807, 2.05) is 25.1 Å². The SMILES string of the molecule is Cc1nc2ccc(CCNC(=O)C3=NNC(=O)CC3)cc2[nH]1. The van der Waals surface area contributed by atoms with Crippen LogP contribution in [0.3, 0.4) is 0 Å². The van der Waals surface area contributed by atoms with Gasteiger partial charge < -0.3 is 10.3 Å². The number of hydrazone groups is 1. The Hall–Kier alpha value is -2.70.